The Morgan fingerprint density at radius 1 is 1.24 bits per heavy atom. The zero-order valence-corrected chi connectivity index (χ0v) is 13.9. The first-order chi connectivity index (χ1) is 9.88. The van der Waals surface area contributed by atoms with Crippen molar-refractivity contribution in [1.29, 1.82) is 0 Å². The van der Waals surface area contributed by atoms with Crippen LogP contribution in [-0.4, -0.2) is 23.1 Å². The third-order valence-electron chi connectivity index (χ3n) is 3.40. The number of nitrogens with one attached hydrogen (secondary N) is 2. The highest BCUT2D eigenvalue weighted by molar-refractivity contribution is 9.10. The van der Waals surface area contributed by atoms with Gasteiger partial charge in [-0.05, 0) is 47.3 Å². The van der Waals surface area contributed by atoms with Crippen molar-refractivity contribution in [2.24, 2.45) is 5.92 Å². The molecule has 5 nitrogen and oxygen atoms in total. The summed E-state index contributed by atoms with van der Waals surface area (Å²) in [5.74, 6) is -1.21. The van der Waals surface area contributed by atoms with E-state index >= 15 is 0 Å². The molecule has 0 aromatic heterocycles. The molecule has 2 rings (SSSR count). The zero-order chi connectivity index (χ0) is 15.6. The van der Waals surface area contributed by atoms with E-state index in [9.17, 15) is 9.59 Å². The fourth-order valence-electron chi connectivity index (χ4n) is 2.30. The quantitative estimate of drug-likeness (QED) is 0.673. The lowest BCUT2D eigenvalue weighted by atomic mass is 10.1. The second-order valence-electron chi connectivity index (χ2n) is 4.87. The molecule has 1 aliphatic rings. The molecule has 114 valence electrons. The summed E-state index contributed by atoms with van der Waals surface area (Å²) in [7, 11) is 0. The molecule has 2 atom stereocenters. The van der Waals surface area contributed by atoms with E-state index in [1.165, 1.54) is 0 Å². The normalized spacial score (nSPS) is 21.1. The summed E-state index contributed by atoms with van der Waals surface area (Å²) in [4.78, 5) is 22.8. The number of hydrogen-bond acceptors (Lipinski definition) is 2. The van der Waals surface area contributed by atoms with E-state index in [0.29, 0.717) is 34.4 Å². The van der Waals surface area contributed by atoms with Crippen molar-refractivity contribution in [2.45, 2.75) is 25.3 Å². The van der Waals surface area contributed by atoms with Gasteiger partial charge in [-0.3, -0.25) is 4.79 Å². The van der Waals surface area contributed by atoms with Crippen LogP contribution in [0.15, 0.2) is 16.6 Å². The Morgan fingerprint density at radius 2 is 1.95 bits per heavy atom. The van der Waals surface area contributed by atoms with Gasteiger partial charge in [-0.1, -0.05) is 23.2 Å². The van der Waals surface area contributed by atoms with Crippen molar-refractivity contribution >= 4 is 56.8 Å². The number of carboxylic acids is 1. The first kappa shape index (κ1) is 16.4. The Balaban J connectivity index is 1.94. The van der Waals surface area contributed by atoms with Crippen molar-refractivity contribution in [3.05, 3.63) is 26.7 Å². The molecule has 0 radical (unpaired) electrons. The lowest BCUT2D eigenvalue weighted by molar-refractivity contribution is -0.141. The van der Waals surface area contributed by atoms with Crippen LogP contribution in [0.5, 0.6) is 0 Å². The molecular formula is C13H13BrCl2N2O3. The van der Waals surface area contributed by atoms with Crippen LogP contribution in [0.3, 0.4) is 0 Å². The molecule has 1 aromatic rings. The third kappa shape index (κ3) is 4.02. The average molecular weight is 396 g/mol. The summed E-state index contributed by atoms with van der Waals surface area (Å²) < 4.78 is 0.639. The molecule has 21 heavy (non-hydrogen) atoms. The minimum atomic E-state index is -0.817. The van der Waals surface area contributed by atoms with Gasteiger partial charge in [0.15, 0.2) is 0 Å². The number of rotatable bonds is 3. The molecule has 3 N–H and O–H groups in total. The monoisotopic (exact) mass is 394 g/mol. The molecule has 1 aliphatic carbocycles. The van der Waals surface area contributed by atoms with Gasteiger partial charge in [-0.2, -0.15) is 0 Å². The minimum Gasteiger partial charge on any atom is -0.481 e. The van der Waals surface area contributed by atoms with E-state index in [2.05, 4.69) is 26.6 Å². The molecule has 2 amide bonds. The van der Waals surface area contributed by atoms with Crippen molar-refractivity contribution in [1.82, 2.24) is 5.32 Å². The molecule has 0 spiro atoms. The van der Waals surface area contributed by atoms with Gasteiger partial charge in [0.05, 0.1) is 21.7 Å². The topological polar surface area (TPSA) is 78.4 Å². The van der Waals surface area contributed by atoms with E-state index in [1.807, 2.05) is 0 Å². The summed E-state index contributed by atoms with van der Waals surface area (Å²) >= 11 is 15.3. The van der Waals surface area contributed by atoms with Crippen molar-refractivity contribution < 1.29 is 14.7 Å². The fourth-order valence-corrected chi connectivity index (χ4v) is 3.12. The van der Waals surface area contributed by atoms with Crippen LogP contribution in [0, 0.1) is 5.92 Å². The highest BCUT2D eigenvalue weighted by atomic mass is 79.9. The summed E-state index contributed by atoms with van der Waals surface area (Å²) in [6.07, 6.45) is 1.67. The average Bonchev–Trinajstić information content (AvgIpc) is 2.88. The highest BCUT2D eigenvalue weighted by Crippen LogP contribution is 2.35. The van der Waals surface area contributed by atoms with Gasteiger partial charge in [0, 0.05) is 10.5 Å². The number of aliphatic carboxylic acids is 1. The molecular weight excluding hydrogens is 383 g/mol. The van der Waals surface area contributed by atoms with Crippen molar-refractivity contribution in [3.63, 3.8) is 0 Å². The van der Waals surface area contributed by atoms with Gasteiger partial charge in [0.2, 0.25) is 0 Å². The summed E-state index contributed by atoms with van der Waals surface area (Å²) in [5, 5.41) is 14.9. The van der Waals surface area contributed by atoms with Gasteiger partial charge in [0.1, 0.15) is 0 Å². The van der Waals surface area contributed by atoms with Crippen LogP contribution >= 0.6 is 39.1 Å². The molecule has 8 heteroatoms. The van der Waals surface area contributed by atoms with Gasteiger partial charge in [-0.25, -0.2) is 4.79 Å². The number of hydrogen-bond donors (Lipinski definition) is 3. The lowest BCUT2D eigenvalue weighted by Crippen LogP contribution is -2.36. The largest absolute Gasteiger partial charge is 0.481 e. The molecule has 0 bridgehead atoms. The Labute approximate surface area is 140 Å². The number of benzene rings is 1. The summed E-state index contributed by atoms with van der Waals surface area (Å²) in [6.45, 7) is 0. The summed E-state index contributed by atoms with van der Waals surface area (Å²) in [6, 6.07) is 2.74. The second kappa shape index (κ2) is 6.85. The Bertz CT molecular complexity index is 583. The number of carbonyl (C=O) groups is 2. The number of halogens is 3. The Morgan fingerprint density at radius 3 is 2.57 bits per heavy atom. The van der Waals surface area contributed by atoms with E-state index < -0.39 is 12.0 Å². The van der Waals surface area contributed by atoms with Gasteiger partial charge in [0.25, 0.3) is 0 Å². The number of carboxylic acid groups (broad SMARTS) is 1. The predicted octanol–water partition coefficient (Wildman–Crippen LogP) is 4.13. The van der Waals surface area contributed by atoms with E-state index in [1.54, 1.807) is 12.1 Å². The standard InChI is InChI=1S/C13H13BrCl2N2O3/c14-8-3-4-9(11(16)10(8)15)18-13(21)17-7-2-1-6(5-7)12(19)20/h3-4,6-7H,1-2,5H2,(H,19,20)(H2,17,18,21). The van der Waals surface area contributed by atoms with Crippen molar-refractivity contribution in [3.8, 4) is 0 Å². The van der Waals surface area contributed by atoms with Crippen LogP contribution in [0.2, 0.25) is 10.0 Å². The Kier molecular flexibility index (Phi) is 5.35. The van der Waals surface area contributed by atoms with E-state index in [4.69, 9.17) is 28.3 Å². The van der Waals surface area contributed by atoms with Crippen LogP contribution < -0.4 is 10.6 Å². The fraction of sp³-hybridized carbons (Fsp3) is 0.385. The minimum absolute atomic E-state index is 0.143. The molecule has 1 aromatic carbocycles. The maximum absolute atomic E-state index is 11.9. The van der Waals surface area contributed by atoms with Gasteiger partial charge < -0.3 is 15.7 Å². The van der Waals surface area contributed by atoms with Gasteiger partial charge in [-0.15, -0.1) is 0 Å². The van der Waals surface area contributed by atoms with Crippen molar-refractivity contribution in [2.75, 3.05) is 5.32 Å². The van der Waals surface area contributed by atoms with E-state index in [0.717, 1.165) is 0 Å². The van der Waals surface area contributed by atoms with Crippen LogP contribution in [0.25, 0.3) is 0 Å². The number of carbonyl (C=O) groups excluding carboxylic acids is 1. The summed E-state index contributed by atoms with van der Waals surface area (Å²) in [5.41, 5.74) is 0.398. The van der Waals surface area contributed by atoms with E-state index in [-0.39, 0.29) is 17.0 Å². The second-order valence-corrected chi connectivity index (χ2v) is 6.48. The first-order valence-corrected chi connectivity index (χ1v) is 7.87. The molecule has 1 saturated carbocycles. The first-order valence-electron chi connectivity index (χ1n) is 6.32. The molecule has 0 aliphatic heterocycles. The predicted molar refractivity (Wildman–Crippen MR) is 85.1 cm³/mol. The van der Waals surface area contributed by atoms with Crippen LogP contribution in [0.4, 0.5) is 10.5 Å². The SMILES string of the molecule is O=C(Nc1ccc(Br)c(Cl)c1Cl)NC1CCC(C(=O)O)C1. The van der Waals surface area contributed by atoms with Crippen LogP contribution in [-0.2, 0) is 4.79 Å². The van der Waals surface area contributed by atoms with Crippen LogP contribution in [0.1, 0.15) is 19.3 Å². The molecule has 0 saturated heterocycles. The molecule has 1 fully saturated rings. The smallest absolute Gasteiger partial charge is 0.319 e. The molecule has 2 unspecified atom stereocenters. The zero-order valence-electron chi connectivity index (χ0n) is 10.8. The maximum atomic E-state index is 11.9. The molecule has 0 heterocycles. The number of amides is 2. The Hall–Kier alpha value is -0.980. The number of urea groups is 1. The highest BCUT2D eigenvalue weighted by Gasteiger charge is 2.30. The third-order valence-corrected chi connectivity index (χ3v) is 5.17. The lowest BCUT2D eigenvalue weighted by Gasteiger charge is -2.14. The number of anilines is 1. The maximum Gasteiger partial charge on any atom is 0.319 e. The van der Waals surface area contributed by atoms with Gasteiger partial charge >= 0.3 is 12.0 Å².